The second-order valence-corrected chi connectivity index (χ2v) is 8.01. The van der Waals surface area contributed by atoms with Crippen molar-refractivity contribution in [3.8, 4) is 11.3 Å². The van der Waals surface area contributed by atoms with Gasteiger partial charge in [0.05, 0.1) is 14.6 Å². The molecule has 2 heterocycles. The predicted molar refractivity (Wildman–Crippen MR) is 108 cm³/mol. The van der Waals surface area contributed by atoms with Gasteiger partial charge in [-0.15, -0.1) is 21.5 Å². The number of nitro benzene ring substituents is 1. The Bertz CT molecular complexity index is 1110. The number of nitro groups is 1. The van der Waals surface area contributed by atoms with Gasteiger partial charge in [0.1, 0.15) is 16.2 Å². The molecule has 0 aliphatic carbocycles. The predicted octanol–water partition coefficient (Wildman–Crippen LogP) is 5.26. The molecule has 8 heteroatoms. The molecule has 0 fully saturated rings. The van der Waals surface area contributed by atoms with Gasteiger partial charge in [0.15, 0.2) is 0 Å². The molecule has 0 saturated carbocycles. The van der Waals surface area contributed by atoms with E-state index in [0.717, 1.165) is 37.1 Å². The molecule has 4 aromatic rings. The van der Waals surface area contributed by atoms with Crippen LogP contribution in [0.5, 0.6) is 0 Å². The van der Waals surface area contributed by atoms with Crippen molar-refractivity contribution in [1.82, 2.24) is 15.2 Å². The normalized spacial score (nSPS) is 11.0. The smallest absolute Gasteiger partial charge is 0.258 e. The fourth-order valence-electron chi connectivity index (χ4n) is 2.67. The van der Waals surface area contributed by atoms with Gasteiger partial charge in [-0.05, 0) is 12.5 Å². The molecule has 0 aliphatic heterocycles. The van der Waals surface area contributed by atoms with Gasteiger partial charge >= 0.3 is 0 Å². The van der Waals surface area contributed by atoms with Crippen molar-refractivity contribution in [2.75, 3.05) is 0 Å². The summed E-state index contributed by atoms with van der Waals surface area (Å²) in [6, 6.07) is 16.5. The Morgan fingerprint density at radius 3 is 2.52 bits per heavy atom. The van der Waals surface area contributed by atoms with Crippen LogP contribution in [0.15, 0.2) is 59.6 Å². The van der Waals surface area contributed by atoms with Crippen LogP contribution in [0.4, 0.5) is 5.69 Å². The fourth-order valence-corrected chi connectivity index (χ4v) is 4.54. The first kappa shape index (κ1) is 17.6. The lowest BCUT2D eigenvalue weighted by molar-refractivity contribution is -0.384. The van der Waals surface area contributed by atoms with E-state index in [4.69, 9.17) is 0 Å². The first-order chi connectivity index (χ1) is 13.1. The number of hydrogen-bond donors (Lipinski definition) is 0. The Labute approximate surface area is 163 Å². The summed E-state index contributed by atoms with van der Waals surface area (Å²) in [5.41, 5.74) is 3.80. The van der Waals surface area contributed by atoms with Gasteiger partial charge in [-0.2, -0.15) is 0 Å². The zero-order valence-corrected chi connectivity index (χ0v) is 16.0. The second kappa shape index (κ2) is 7.42. The van der Waals surface area contributed by atoms with Gasteiger partial charge in [0, 0.05) is 23.4 Å². The molecule has 0 spiro atoms. The number of hydrogen-bond acceptors (Lipinski definition) is 7. The van der Waals surface area contributed by atoms with E-state index in [1.807, 2.05) is 37.3 Å². The average Bonchev–Trinajstić information content (AvgIpc) is 3.08. The number of non-ortho nitro benzene ring substituents is 1. The minimum atomic E-state index is -0.397. The molecule has 2 aromatic carbocycles. The number of aryl methyl sites for hydroxylation is 1. The highest BCUT2D eigenvalue weighted by molar-refractivity contribution is 7.98. The average molecular weight is 394 g/mol. The third-order valence-electron chi connectivity index (χ3n) is 3.96. The summed E-state index contributed by atoms with van der Waals surface area (Å²) in [7, 11) is 0. The highest BCUT2D eigenvalue weighted by Crippen LogP contribution is 2.36. The Morgan fingerprint density at radius 1 is 1.07 bits per heavy atom. The molecule has 0 saturated heterocycles. The van der Waals surface area contributed by atoms with Crippen LogP contribution >= 0.6 is 23.1 Å². The molecule has 0 aliphatic rings. The van der Waals surface area contributed by atoms with Crippen LogP contribution in [0.3, 0.4) is 0 Å². The highest BCUT2D eigenvalue weighted by atomic mass is 32.2. The number of benzene rings is 2. The molecule has 0 amide bonds. The van der Waals surface area contributed by atoms with Crippen molar-refractivity contribution in [3.05, 3.63) is 75.3 Å². The van der Waals surface area contributed by atoms with E-state index in [2.05, 4.69) is 15.2 Å². The molecule has 27 heavy (non-hydrogen) atoms. The van der Waals surface area contributed by atoms with Crippen molar-refractivity contribution in [3.63, 3.8) is 0 Å². The van der Waals surface area contributed by atoms with Crippen molar-refractivity contribution in [2.45, 2.75) is 17.7 Å². The first-order valence-corrected chi connectivity index (χ1v) is 9.97. The molecular formula is C19H14N4O2S2. The Hall–Kier alpha value is -2.84. The Balaban J connectivity index is 1.64. The fraction of sp³-hybridized carbons (Fsp3) is 0.105. The third kappa shape index (κ3) is 3.67. The van der Waals surface area contributed by atoms with E-state index < -0.39 is 4.92 Å². The summed E-state index contributed by atoms with van der Waals surface area (Å²) in [6.45, 7) is 1.98. The van der Waals surface area contributed by atoms with Crippen LogP contribution in [0.1, 0.15) is 10.6 Å². The molecule has 0 N–H and O–H groups in total. The molecule has 2 aromatic heterocycles. The maximum absolute atomic E-state index is 10.8. The van der Waals surface area contributed by atoms with Crippen molar-refractivity contribution < 1.29 is 4.92 Å². The zero-order valence-electron chi connectivity index (χ0n) is 14.3. The minimum absolute atomic E-state index is 0.0910. The molecular weight excluding hydrogens is 380 g/mol. The highest BCUT2D eigenvalue weighted by Gasteiger charge is 2.16. The number of fused-ring (bicyclic) bond motifs is 1. The summed E-state index contributed by atoms with van der Waals surface area (Å²) >= 11 is 3.15. The number of aromatic nitrogens is 3. The van der Waals surface area contributed by atoms with E-state index in [9.17, 15) is 10.1 Å². The van der Waals surface area contributed by atoms with Crippen molar-refractivity contribution in [1.29, 1.82) is 0 Å². The van der Waals surface area contributed by atoms with Gasteiger partial charge in [-0.3, -0.25) is 10.1 Å². The SMILES string of the molecule is Cc1nc2c(SCc3ccc([N+](=O)[O-])cc3)nnc(-c3ccccc3)c2s1. The summed E-state index contributed by atoms with van der Waals surface area (Å²) in [5.74, 6) is 0.642. The van der Waals surface area contributed by atoms with E-state index >= 15 is 0 Å². The van der Waals surface area contributed by atoms with Crippen LogP contribution in [0.2, 0.25) is 0 Å². The van der Waals surface area contributed by atoms with Crippen molar-refractivity contribution in [2.24, 2.45) is 0 Å². The number of thioether (sulfide) groups is 1. The lowest BCUT2D eigenvalue weighted by Crippen LogP contribution is -1.93. The third-order valence-corrected chi connectivity index (χ3v) is 5.97. The summed E-state index contributed by atoms with van der Waals surface area (Å²) in [5, 5.41) is 21.4. The summed E-state index contributed by atoms with van der Waals surface area (Å²) in [6.07, 6.45) is 0. The van der Waals surface area contributed by atoms with Crippen LogP contribution in [-0.2, 0) is 5.75 Å². The zero-order chi connectivity index (χ0) is 18.8. The lowest BCUT2D eigenvalue weighted by atomic mass is 10.1. The van der Waals surface area contributed by atoms with E-state index in [1.54, 1.807) is 23.5 Å². The van der Waals surface area contributed by atoms with Crippen LogP contribution < -0.4 is 0 Å². The maximum atomic E-state index is 10.8. The summed E-state index contributed by atoms with van der Waals surface area (Å²) in [4.78, 5) is 15.0. The quantitative estimate of drug-likeness (QED) is 0.261. The van der Waals surface area contributed by atoms with Gasteiger partial charge in [0.2, 0.25) is 0 Å². The van der Waals surface area contributed by atoms with E-state index in [-0.39, 0.29) is 5.69 Å². The molecule has 0 bridgehead atoms. The standard InChI is InChI=1S/C19H14N4O2S2/c1-12-20-17-18(27-12)16(14-5-3-2-4-6-14)21-22-19(17)26-11-13-7-9-15(10-8-13)23(24)25/h2-10H,11H2,1H3. The van der Waals surface area contributed by atoms with Gasteiger partial charge in [0.25, 0.3) is 5.69 Å². The molecule has 134 valence electrons. The number of rotatable bonds is 5. The largest absolute Gasteiger partial charge is 0.269 e. The number of nitrogens with zero attached hydrogens (tertiary/aromatic N) is 4. The second-order valence-electron chi connectivity index (χ2n) is 5.84. The molecule has 0 atom stereocenters. The molecule has 0 radical (unpaired) electrons. The van der Waals surface area contributed by atoms with Gasteiger partial charge in [-0.1, -0.05) is 54.2 Å². The van der Waals surface area contributed by atoms with Crippen LogP contribution in [-0.4, -0.2) is 20.1 Å². The van der Waals surface area contributed by atoms with Gasteiger partial charge in [-0.25, -0.2) is 4.98 Å². The van der Waals surface area contributed by atoms with Crippen LogP contribution in [0, 0.1) is 17.0 Å². The molecule has 0 unspecified atom stereocenters. The monoisotopic (exact) mass is 394 g/mol. The van der Waals surface area contributed by atoms with E-state index in [0.29, 0.717) is 5.75 Å². The minimum Gasteiger partial charge on any atom is -0.258 e. The molecule has 6 nitrogen and oxygen atoms in total. The first-order valence-electron chi connectivity index (χ1n) is 8.17. The maximum Gasteiger partial charge on any atom is 0.269 e. The molecule has 4 rings (SSSR count). The van der Waals surface area contributed by atoms with E-state index in [1.165, 1.54) is 23.9 Å². The summed E-state index contributed by atoms with van der Waals surface area (Å²) < 4.78 is 1.03. The topological polar surface area (TPSA) is 81.8 Å². The Kier molecular flexibility index (Phi) is 4.83. The lowest BCUT2D eigenvalue weighted by Gasteiger charge is -2.05. The van der Waals surface area contributed by atoms with Crippen LogP contribution in [0.25, 0.3) is 21.5 Å². The van der Waals surface area contributed by atoms with Gasteiger partial charge < -0.3 is 0 Å². The Morgan fingerprint density at radius 2 is 1.81 bits per heavy atom. The number of thiazole rings is 1. The van der Waals surface area contributed by atoms with Crippen molar-refractivity contribution >= 4 is 39.0 Å².